The maximum atomic E-state index is 12.2. The molecule has 0 atom stereocenters. The number of aromatic nitrogens is 1. The van der Waals surface area contributed by atoms with Crippen molar-refractivity contribution in [1.29, 1.82) is 0 Å². The molecule has 0 bridgehead atoms. The average molecular weight is 292 g/mol. The molecule has 7 nitrogen and oxygen atoms in total. The molecular formula is C14H20N4O3. The highest BCUT2D eigenvalue weighted by molar-refractivity contribution is 5.95. The van der Waals surface area contributed by atoms with Crippen LogP contribution in [0.25, 0.3) is 0 Å². The van der Waals surface area contributed by atoms with Crippen LogP contribution in [0.5, 0.6) is 0 Å². The molecule has 0 aliphatic carbocycles. The number of methoxy groups -OCH3 is 1. The van der Waals surface area contributed by atoms with Crippen molar-refractivity contribution >= 4 is 17.7 Å². The van der Waals surface area contributed by atoms with Crippen LogP contribution in [0.15, 0.2) is 18.3 Å². The number of hydrogen-bond donors (Lipinski definition) is 1. The molecule has 2 rings (SSSR count). The first-order chi connectivity index (χ1) is 10.1. The molecule has 1 aromatic heterocycles. The average Bonchev–Trinajstić information content (AvgIpc) is 2.54. The normalized spacial score (nSPS) is 14.7. The summed E-state index contributed by atoms with van der Waals surface area (Å²) < 4.78 is 4.74. The van der Waals surface area contributed by atoms with E-state index >= 15 is 0 Å². The van der Waals surface area contributed by atoms with Gasteiger partial charge in [-0.3, -0.25) is 4.79 Å². The number of anilines is 1. The van der Waals surface area contributed by atoms with Gasteiger partial charge in [-0.05, 0) is 12.1 Å². The highest BCUT2D eigenvalue weighted by atomic mass is 16.5. The van der Waals surface area contributed by atoms with Gasteiger partial charge in [-0.15, -0.1) is 0 Å². The number of amides is 1. The summed E-state index contributed by atoms with van der Waals surface area (Å²) in [6, 6.07) is 3.31. The molecule has 1 aliphatic heterocycles. The fourth-order valence-corrected chi connectivity index (χ4v) is 2.26. The van der Waals surface area contributed by atoms with Gasteiger partial charge in [0.2, 0.25) is 5.91 Å². The van der Waals surface area contributed by atoms with Gasteiger partial charge in [-0.25, -0.2) is 9.78 Å². The molecule has 0 unspecified atom stereocenters. The zero-order valence-corrected chi connectivity index (χ0v) is 12.3. The Morgan fingerprint density at radius 3 is 2.81 bits per heavy atom. The Kier molecular flexibility index (Phi) is 5.10. The van der Waals surface area contributed by atoms with Gasteiger partial charge in [-0.1, -0.05) is 0 Å². The van der Waals surface area contributed by atoms with Crippen molar-refractivity contribution in [3.8, 4) is 0 Å². The van der Waals surface area contributed by atoms with Crippen LogP contribution in [0, 0.1) is 0 Å². The molecule has 114 valence electrons. The summed E-state index contributed by atoms with van der Waals surface area (Å²) in [6.45, 7) is 3.22. The number of piperazine rings is 1. The predicted octanol–water partition coefficient (Wildman–Crippen LogP) is -0.264. The molecule has 1 N–H and O–H groups in total. The summed E-state index contributed by atoms with van der Waals surface area (Å²) in [5.74, 6) is 0.0212. The summed E-state index contributed by atoms with van der Waals surface area (Å²) >= 11 is 0. The van der Waals surface area contributed by atoms with Gasteiger partial charge in [0.05, 0.1) is 13.7 Å². The Labute approximate surface area is 123 Å². The highest BCUT2D eigenvalue weighted by Crippen LogP contribution is 2.16. The molecule has 0 spiro atoms. The predicted molar refractivity (Wildman–Crippen MR) is 78.3 cm³/mol. The minimum absolute atomic E-state index is 0.0282. The minimum atomic E-state index is -0.459. The zero-order chi connectivity index (χ0) is 15.2. The van der Waals surface area contributed by atoms with Crippen molar-refractivity contribution in [3.05, 3.63) is 23.9 Å². The number of esters is 1. The number of likely N-dealkylation sites (N-methyl/N-ethyl adjacent to an activating group) is 1. The number of ether oxygens (including phenoxy) is 1. The van der Waals surface area contributed by atoms with Crippen molar-refractivity contribution in [2.24, 2.45) is 0 Å². The van der Waals surface area contributed by atoms with Crippen LogP contribution < -0.4 is 10.2 Å². The molecule has 0 aromatic carbocycles. The SMILES string of the molecule is COC(=O)c1cccnc1N(C)CC(=O)N1CCNCC1. The van der Waals surface area contributed by atoms with Gasteiger partial charge in [0, 0.05) is 39.4 Å². The second-order valence-electron chi connectivity index (χ2n) is 4.85. The summed E-state index contributed by atoms with van der Waals surface area (Å²) in [5, 5.41) is 3.21. The van der Waals surface area contributed by atoms with Crippen LogP contribution in [-0.4, -0.2) is 68.6 Å². The van der Waals surface area contributed by atoms with E-state index in [0.29, 0.717) is 24.5 Å². The third-order valence-corrected chi connectivity index (χ3v) is 3.40. The molecule has 1 amide bonds. The van der Waals surface area contributed by atoms with Gasteiger partial charge in [-0.2, -0.15) is 0 Å². The number of nitrogens with zero attached hydrogens (tertiary/aromatic N) is 3. The first-order valence-corrected chi connectivity index (χ1v) is 6.86. The lowest BCUT2D eigenvalue weighted by Crippen LogP contribution is -2.49. The van der Waals surface area contributed by atoms with Gasteiger partial charge in [0.15, 0.2) is 0 Å². The number of nitrogens with one attached hydrogen (secondary N) is 1. The first kappa shape index (κ1) is 15.2. The standard InChI is InChI=1S/C14H20N4O3/c1-17(10-12(19)18-8-6-15-7-9-18)13-11(14(20)21-2)4-3-5-16-13/h3-5,15H,6-10H2,1-2H3. The highest BCUT2D eigenvalue weighted by Gasteiger charge is 2.21. The maximum Gasteiger partial charge on any atom is 0.341 e. The summed E-state index contributed by atoms with van der Waals surface area (Å²) in [7, 11) is 3.07. The van der Waals surface area contributed by atoms with Crippen molar-refractivity contribution in [1.82, 2.24) is 15.2 Å². The van der Waals surface area contributed by atoms with Gasteiger partial charge < -0.3 is 19.9 Å². The smallest absolute Gasteiger partial charge is 0.341 e. The van der Waals surface area contributed by atoms with Crippen LogP contribution in [-0.2, 0) is 9.53 Å². The van der Waals surface area contributed by atoms with E-state index in [-0.39, 0.29) is 12.5 Å². The minimum Gasteiger partial charge on any atom is -0.465 e. The van der Waals surface area contributed by atoms with Crippen molar-refractivity contribution < 1.29 is 14.3 Å². The second kappa shape index (κ2) is 7.03. The number of carbonyl (C=O) groups is 2. The number of hydrogen-bond acceptors (Lipinski definition) is 6. The summed E-state index contributed by atoms with van der Waals surface area (Å²) in [5.41, 5.74) is 0.357. The van der Waals surface area contributed by atoms with Crippen LogP contribution in [0.4, 0.5) is 5.82 Å². The van der Waals surface area contributed by atoms with E-state index in [4.69, 9.17) is 4.74 Å². The van der Waals surface area contributed by atoms with E-state index < -0.39 is 5.97 Å². The molecule has 1 aromatic rings. The van der Waals surface area contributed by atoms with Gasteiger partial charge >= 0.3 is 5.97 Å². The van der Waals surface area contributed by atoms with E-state index in [2.05, 4.69) is 10.3 Å². The van der Waals surface area contributed by atoms with E-state index in [9.17, 15) is 9.59 Å². The molecule has 2 heterocycles. The Bertz CT molecular complexity index is 515. The van der Waals surface area contributed by atoms with Crippen LogP contribution in [0.1, 0.15) is 10.4 Å². The summed E-state index contributed by atoms with van der Waals surface area (Å²) in [6.07, 6.45) is 1.59. The monoisotopic (exact) mass is 292 g/mol. The van der Waals surface area contributed by atoms with E-state index in [1.54, 1.807) is 30.3 Å². The molecule has 1 fully saturated rings. The Morgan fingerprint density at radius 1 is 1.43 bits per heavy atom. The van der Waals surface area contributed by atoms with Crippen LogP contribution in [0.3, 0.4) is 0 Å². The first-order valence-electron chi connectivity index (χ1n) is 6.86. The molecule has 0 radical (unpaired) electrons. The largest absolute Gasteiger partial charge is 0.465 e. The summed E-state index contributed by atoms with van der Waals surface area (Å²) in [4.78, 5) is 31.7. The Balaban J connectivity index is 2.07. The third-order valence-electron chi connectivity index (χ3n) is 3.40. The van der Waals surface area contributed by atoms with Crippen LogP contribution in [0.2, 0.25) is 0 Å². The molecule has 1 saturated heterocycles. The number of rotatable bonds is 4. The van der Waals surface area contributed by atoms with Crippen molar-refractivity contribution in [3.63, 3.8) is 0 Å². The van der Waals surface area contributed by atoms with Crippen LogP contribution >= 0.6 is 0 Å². The molecular weight excluding hydrogens is 272 g/mol. The third kappa shape index (κ3) is 3.69. The maximum absolute atomic E-state index is 12.2. The molecule has 7 heteroatoms. The Morgan fingerprint density at radius 2 is 2.14 bits per heavy atom. The van der Waals surface area contributed by atoms with E-state index in [1.165, 1.54) is 7.11 Å². The second-order valence-corrected chi connectivity index (χ2v) is 4.85. The van der Waals surface area contributed by atoms with Gasteiger partial charge in [0.25, 0.3) is 0 Å². The lowest BCUT2D eigenvalue weighted by molar-refractivity contribution is -0.130. The van der Waals surface area contributed by atoms with E-state index in [1.807, 2.05) is 4.90 Å². The Hall–Kier alpha value is -2.15. The zero-order valence-electron chi connectivity index (χ0n) is 12.3. The van der Waals surface area contributed by atoms with E-state index in [0.717, 1.165) is 13.1 Å². The fourth-order valence-electron chi connectivity index (χ4n) is 2.26. The lowest BCUT2D eigenvalue weighted by atomic mass is 10.2. The number of pyridine rings is 1. The quantitative estimate of drug-likeness (QED) is 0.771. The lowest BCUT2D eigenvalue weighted by Gasteiger charge is -2.29. The molecule has 0 saturated carbocycles. The fraction of sp³-hybridized carbons (Fsp3) is 0.500. The molecule has 21 heavy (non-hydrogen) atoms. The van der Waals surface area contributed by atoms with Crippen molar-refractivity contribution in [2.75, 3.05) is 51.8 Å². The van der Waals surface area contributed by atoms with Gasteiger partial charge in [0.1, 0.15) is 11.4 Å². The van der Waals surface area contributed by atoms with Crippen molar-refractivity contribution in [2.45, 2.75) is 0 Å². The number of carbonyl (C=O) groups excluding carboxylic acids is 2. The topological polar surface area (TPSA) is 74.8 Å². The molecule has 1 aliphatic rings.